The maximum atomic E-state index is 12.5. The molecule has 1 fully saturated rings. The summed E-state index contributed by atoms with van der Waals surface area (Å²) in [5.74, 6) is 1.16. The number of Topliss-reactive ketones (excluding diaryl/α,β-unsaturated/α-hetero) is 1. The molecule has 0 saturated heterocycles. The fourth-order valence-electron chi connectivity index (χ4n) is 4.03. The van der Waals surface area contributed by atoms with Crippen LogP contribution < -0.4 is 5.32 Å². The van der Waals surface area contributed by atoms with Gasteiger partial charge in [-0.15, -0.1) is 0 Å². The number of amides is 1. The minimum atomic E-state index is -0.111. The van der Waals surface area contributed by atoms with Gasteiger partial charge in [0.15, 0.2) is 5.78 Å². The molecule has 0 spiro atoms. The topological polar surface area (TPSA) is 46.2 Å². The Kier molecular flexibility index (Phi) is 4.70. The highest BCUT2D eigenvalue weighted by Gasteiger charge is 2.37. The lowest BCUT2D eigenvalue weighted by molar-refractivity contribution is -0.115. The highest BCUT2D eigenvalue weighted by Crippen LogP contribution is 2.45. The number of allylic oxidation sites excluding steroid dienone is 2. The SMILES string of the molecule is C=C(C(=O)Nc1ccccc1)[C@H]1CCC(C)C2CC(=O)C(C)=C2C1. The molecule has 1 saturated carbocycles. The van der Waals surface area contributed by atoms with Crippen molar-refractivity contribution in [3.8, 4) is 0 Å². The van der Waals surface area contributed by atoms with Crippen LogP contribution >= 0.6 is 0 Å². The molecule has 1 aromatic carbocycles. The zero-order valence-corrected chi connectivity index (χ0v) is 14.5. The number of hydrogen-bond donors (Lipinski definition) is 1. The summed E-state index contributed by atoms with van der Waals surface area (Å²) in [6.07, 6.45) is 3.45. The van der Waals surface area contributed by atoms with Gasteiger partial charge in [0.05, 0.1) is 0 Å². The van der Waals surface area contributed by atoms with Gasteiger partial charge in [0, 0.05) is 17.7 Å². The summed E-state index contributed by atoms with van der Waals surface area (Å²) < 4.78 is 0. The number of rotatable bonds is 3. The number of benzene rings is 1. The summed E-state index contributed by atoms with van der Waals surface area (Å²) in [4.78, 5) is 24.6. The molecule has 3 heteroatoms. The van der Waals surface area contributed by atoms with Crippen molar-refractivity contribution in [3.63, 3.8) is 0 Å². The number of para-hydroxylation sites is 1. The number of hydrogen-bond acceptors (Lipinski definition) is 2. The van der Waals surface area contributed by atoms with Gasteiger partial charge in [-0.2, -0.15) is 0 Å². The average Bonchev–Trinajstić information content (AvgIpc) is 2.76. The van der Waals surface area contributed by atoms with Gasteiger partial charge in [0.1, 0.15) is 0 Å². The third-order valence-electron chi connectivity index (χ3n) is 5.69. The highest BCUT2D eigenvalue weighted by molar-refractivity contribution is 6.04. The lowest BCUT2D eigenvalue weighted by atomic mass is 9.86. The molecule has 126 valence electrons. The fraction of sp³-hybridized carbons (Fsp3) is 0.429. The second-order valence-corrected chi connectivity index (χ2v) is 7.19. The van der Waals surface area contributed by atoms with E-state index in [1.807, 2.05) is 37.3 Å². The molecule has 0 bridgehead atoms. The van der Waals surface area contributed by atoms with Crippen molar-refractivity contribution in [3.05, 3.63) is 53.6 Å². The molecule has 0 radical (unpaired) electrons. The van der Waals surface area contributed by atoms with Crippen LogP contribution in [-0.2, 0) is 9.59 Å². The smallest absolute Gasteiger partial charge is 0.251 e. The number of fused-ring (bicyclic) bond motifs is 1. The molecule has 0 heterocycles. The van der Waals surface area contributed by atoms with Crippen molar-refractivity contribution >= 4 is 17.4 Å². The van der Waals surface area contributed by atoms with Gasteiger partial charge < -0.3 is 5.32 Å². The minimum Gasteiger partial charge on any atom is -0.322 e. The first-order chi connectivity index (χ1) is 11.5. The molecule has 3 rings (SSSR count). The maximum absolute atomic E-state index is 12.5. The Labute approximate surface area is 143 Å². The van der Waals surface area contributed by atoms with Crippen LogP contribution in [0.1, 0.15) is 39.5 Å². The molecule has 24 heavy (non-hydrogen) atoms. The third-order valence-corrected chi connectivity index (χ3v) is 5.69. The zero-order chi connectivity index (χ0) is 17.3. The molecule has 1 amide bonds. The maximum Gasteiger partial charge on any atom is 0.251 e. The third kappa shape index (κ3) is 3.21. The van der Waals surface area contributed by atoms with E-state index < -0.39 is 0 Å². The molecule has 3 atom stereocenters. The minimum absolute atomic E-state index is 0.111. The predicted octanol–water partition coefficient (Wildman–Crippen LogP) is 4.52. The number of carbonyl (C=O) groups is 2. The lowest BCUT2D eigenvalue weighted by Gasteiger charge is -2.19. The predicted molar refractivity (Wildman–Crippen MR) is 96.5 cm³/mol. The van der Waals surface area contributed by atoms with Gasteiger partial charge >= 0.3 is 0 Å². The van der Waals surface area contributed by atoms with Gasteiger partial charge in [-0.3, -0.25) is 9.59 Å². The van der Waals surface area contributed by atoms with Gasteiger partial charge in [-0.05, 0) is 61.6 Å². The van der Waals surface area contributed by atoms with Gasteiger partial charge in [-0.25, -0.2) is 0 Å². The van der Waals surface area contributed by atoms with Crippen LogP contribution in [0.5, 0.6) is 0 Å². The number of carbonyl (C=O) groups excluding carboxylic acids is 2. The van der Waals surface area contributed by atoms with E-state index in [-0.39, 0.29) is 17.6 Å². The first kappa shape index (κ1) is 16.7. The Hall–Kier alpha value is -2.16. The van der Waals surface area contributed by atoms with Crippen LogP contribution in [0, 0.1) is 17.8 Å². The van der Waals surface area contributed by atoms with E-state index in [1.54, 1.807) is 0 Å². The summed E-state index contributed by atoms with van der Waals surface area (Å²) in [6, 6.07) is 9.46. The summed E-state index contributed by atoms with van der Waals surface area (Å²) in [6.45, 7) is 8.25. The molecular weight excluding hydrogens is 298 g/mol. The molecule has 2 aliphatic rings. The van der Waals surface area contributed by atoms with E-state index >= 15 is 0 Å². The molecule has 2 unspecified atom stereocenters. The van der Waals surface area contributed by atoms with E-state index in [9.17, 15) is 9.59 Å². The molecule has 0 aliphatic heterocycles. The van der Waals surface area contributed by atoms with Crippen LogP contribution in [0.4, 0.5) is 5.69 Å². The summed E-state index contributed by atoms with van der Waals surface area (Å²) in [5, 5.41) is 2.93. The average molecular weight is 323 g/mol. The second kappa shape index (κ2) is 6.76. The molecule has 2 aliphatic carbocycles. The van der Waals surface area contributed by atoms with Gasteiger partial charge in [0.25, 0.3) is 5.91 Å². The van der Waals surface area contributed by atoms with Crippen molar-refractivity contribution in [2.45, 2.75) is 39.5 Å². The Balaban J connectivity index is 1.75. The van der Waals surface area contributed by atoms with Gasteiger partial charge in [0.2, 0.25) is 0 Å². The Morgan fingerprint density at radius 1 is 1.17 bits per heavy atom. The van der Waals surface area contributed by atoms with E-state index in [2.05, 4.69) is 18.8 Å². The summed E-state index contributed by atoms with van der Waals surface area (Å²) >= 11 is 0. The first-order valence-electron chi connectivity index (χ1n) is 8.75. The number of nitrogens with one attached hydrogen (secondary N) is 1. The molecular formula is C21H25NO2. The number of ketones is 1. The summed E-state index contributed by atoms with van der Waals surface area (Å²) in [5.41, 5.74) is 3.61. The monoisotopic (exact) mass is 323 g/mol. The van der Waals surface area contributed by atoms with E-state index in [1.165, 1.54) is 5.57 Å². The van der Waals surface area contributed by atoms with Crippen LogP contribution in [0.3, 0.4) is 0 Å². The van der Waals surface area contributed by atoms with Crippen molar-refractivity contribution in [2.24, 2.45) is 17.8 Å². The molecule has 1 N–H and O–H groups in total. The second-order valence-electron chi connectivity index (χ2n) is 7.19. The molecule has 3 nitrogen and oxygen atoms in total. The largest absolute Gasteiger partial charge is 0.322 e. The quantitative estimate of drug-likeness (QED) is 0.831. The van der Waals surface area contributed by atoms with Crippen molar-refractivity contribution in [2.75, 3.05) is 5.32 Å². The standard InChI is InChI=1S/C21H25NO2/c1-13-9-10-16(11-19-15(3)20(23)12-18(13)19)14(2)21(24)22-17-7-5-4-6-8-17/h4-8,13,16,18H,2,9-12H2,1,3H3,(H,22,24)/t13?,16-,18?/m0/s1. The first-order valence-corrected chi connectivity index (χ1v) is 8.75. The fourth-order valence-corrected chi connectivity index (χ4v) is 4.03. The van der Waals surface area contributed by atoms with Crippen LogP contribution in [0.2, 0.25) is 0 Å². The normalized spacial score (nSPS) is 26.8. The lowest BCUT2D eigenvalue weighted by Crippen LogP contribution is -2.20. The Morgan fingerprint density at radius 3 is 2.58 bits per heavy atom. The highest BCUT2D eigenvalue weighted by atomic mass is 16.1. The molecule has 1 aromatic rings. The van der Waals surface area contributed by atoms with Crippen molar-refractivity contribution < 1.29 is 9.59 Å². The number of anilines is 1. The van der Waals surface area contributed by atoms with Crippen LogP contribution in [0.15, 0.2) is 53.6 Å². The van der Waals surface area contributed by atoms with Crippen molar-refractivity contribution in [1.29, 1.82) is 0 Å². The zero-order valence-electron chi connectivity index (χ0n) is 14.5. The summed E-state index contributed by atoms with van der Waals surface area (Å²) in [7, 11) is 0. The van der Waals surface area contributed by atoms with Crippen molar-refractivity contribution in [1.82, 2.24) is 0 Å². The molecule has 0 aromatic heterocycles. The van der Waals surface area contributed by atoms with E-state index in [4.69, 9.17) is 0 Å². The van der Waals surface area contributed by atoms with Crippen LogP contribution in [-0.4, -0.2) is 11.7 Å². The Morgan fingerprint density at radius 2 is 1.88 bits per heavy atom. The van der Waals surface area contributed by atoms with E-state index in [0.29, 0.717) is 23.8 Å². The van der Waals surface area contributed by atoms with E-state index in [0.717, 1.165) is 30.5 Å². The van der Waals surface area contributed by atoms with Crippen LogP contribution in [0.25, 0.3) is 0 Å². The Bertz CT molecular complexity index is 702. The van der Waals surface area contributed by atoms with Gasteiger partial charge in [-0.1, -0.05) is 37.3 Å².